The number of allylic oxidation sites excluding steroid dienone is 1. The molecule has 1 aliphatic heterocycles. The summed E-state index contributed by atoms with van der Waals surface area (Å²) in [5.41, 5.74) is -0.661. The number of aliphatic hydroxyl groups excluding tert-OH is 1. The molecule has 0 radical (unpaired) electrons. The van der Waals surface area contributed by atoms with Gasteiger partial charge in [-0.1, -0.05) is 19.4 Å². The minimum absolute atomic E-state index is 0.0855. The largest absolute Gasteiger partial charge is 0.414 e. The minimum atomic E-state index is -1.74. The first-order valence-corrected chi connectivity index (χ1v) is 13.5. The van der Waals surface area contributed by atoms with E-state index >= 15 is 0 Å². The molecule has 0 amide bonds. The number of hydrogen-bond donors (Lipinski definition) is 1. The highest BCUT2D eigenvalue weighted by Crippen LogP contribution is 2.69. The molecular formula is C28H42O7. The number of aliphatic hydroxyl groups is 1. The van der Waals surface area contributed by atoms with Crippen molar-refractivity contribution in [3.63, 3.8) is 0 Å². The van der Waals surface area contributed by atoms with Crippen LogP contribution in [0.25, 0.3) is 0 Å². The smallest absolute Gasteiger partial charge is 0.393 e. The topological polar surface area (TPSA) is 91.3 Å². The van der Waals surface area contributed by atoms with Crippen molar-refractivity contribution in [1.29, 1.82) is 0 Å². The lowest BCUT2D eigenvalue weighted by Crippen LogP contribution is -2.68. The van der Waals surface area contributed by atoms with Crippen LogP contribution in [-0.4, -0.2) is 53.4 Å². The van der Waals surface area contributed by atoms with Crippen LogP contribution in [-0.2, 0) is 28.5 Å². The standard InChI is InChI=1S/C28H42O7/c1-16(2)33-28(34-17(3)4)32-15-23(31)27(35-28)12-10-21-20-8-7-18-13-19(29)9-11-25(18,5)24(20)22(30)14-26(21,27)6/h13,16-17,20-22,24,30H,7-12,14-15H2,1-6H3/t20-,21-,22-,24+,25-,26-,27-/m0/s1. The van der Waals surface area contributed by atoms with Gasteiger partial charge in [0, 0.05) is 11.8 Å². The molecule has 5 rings (SSSR count). The predicted molar refractivity (Wildman–Crippen MR) is 128 cm³/mol. The van der Waals surface area contributed by atoms with E-state index in [1.54, 1.807) is 0 Å². The van der Waals surface area contributed by atoms with Crippen molar-refractivity contribution in [3.8, 4) is 0 Å². The van der Waals surface area contributed by atoms with E-state index in [2.05, 4.69) is 13.8 Å². The molecule has 3 saturated carbocycles. The minimum Gasteiger partial charge on any atom is -0.393 e. The second kappa shape index (κ2) is 8.45. The Kier molecular flexibility index (Phi) is 6.16. The highest BCUT2D eigenvalue weighted by molar-refractivity contribution is 5.92. The molecule has 0 unspecified atom stereocenters. The molecule has 1 heterocycles. The van der Waals surface area contributed by atoms with Crippen LogP contribution in [0.3, 0.4) is 0 Å². The van der Waals surface area contributed by atoms with Crippen LogP contribution in [0.1, 0.15) is 86.5 Å². The van der Waals surface area contributed by atoms with Gasteiger partial charge in [0.15, 0.2) is 11.6 Å². The lowest BCUT2D eigenvalue weighted by atomic mass is 9.45. The van der Waals surface area contributed by atoms with Crippen LogP contribution in [0.4, 0.5) is 0 Å². The number of carbonyl (C=O) groups is 2. The molecule has 1 spiro atoms. The summed E-state index contributed by atoms with van der Waals surface area (Å²) in [6, 6.07) is 0. The SMILES string of the molecule is CC(C)OC1(OC(C)C)OCC(=O)[C@]2(CC[C@H]3[C@@H]4CCC5=CC(=O)CC[C@]5(C)[C@H]4[C@@H](O)C[C@@]32C)O1. The summed E-state index contributed by atoms with van der Waals surface area (Å²) in [6.45, 7) is 11.8. The third-order valence-electron chi connectivity index (χ3n) is 9.91. The van der Waals surface area contributed by atoms with Crippen molar-refractivity contribution in [2.24, 2.45) is 28.6 Å². The van der Waals surface area contributed by atoms with E-state index in [1.165, 1.54) is 5.57 Å². The highest BCUT2D eigenvalue weighted by Gasteiger charge is 2.72. The number of Topliss-reactive ketones (excluding diaryl/α,β-unsaturated/α-hetero) is 1. The Balaban J connectivity index is 1.52. The Morgan fingerprint density at radius 2 is 1.71 bits per heavy atom. The van der Waals surface area contributed by atoms with E-state index in [9.17, 15) is 14.7 Å². The number of fused-ring (bicyclic) bond motifs is 6. The normalized spacial score (nSPS) is 44.9. The van der Waals surface area contributed by atoms with Crippen LogP contribution in [0, 0.1) is 28.6 Å². The molecule has 0 aromatic rings. The third-order valence-corrected chi connectivity index (χ3v) is 9.91. The number of carbonyl (C=O) groups excluding carboxylic acids is 2. The fourth-order valence-corrected chi connectivity index (χ4v) is 8.59. The lowest BCUT2D eigenvalue weighted by molar-refractivity contribution is -0.542. The summed E-state index contributed by atoms with van der Waals surface area (Å²) in [4.78, 5) is 25.8. The van der Waals surface area contributed by atoms with E-state index in [-0.39, 0.29) is 53.6 Å². The van der Waals surface area contributed by atoms with Gasteiger partial charge < -0.3 is 14.6 Å². The number of ketones is 2. The van der Waals surface area contributed by atoms with Crippen molar-refractivity contribution in [1.82, 2.24) is 0 Å². The quantitative estimate of drug-likeness (QED) is 0.587. The van der Waals surface area contributed by atoms with Gasteiger partial charge in [-0.2, -0.15) is 0 Å². The average Bonchev–Trinajstić information content (AvgIpc) is 3.02. The maximum atomic E-state index is 13.6. The number of rotatable bonds is 4. The van der Waals surface area contributed by atoms with Crippen LogP contribution < -0.4 is 0 Å². The zero-order chi connectivity index (χ0) is 25.4. The van der Waals surface area contributed by atoms with Crippen LogP contribution in [0.15, 0.2) is 11.6 Å². The molecule has 0 bridgehead atoms. The van der Waals surface area contributed by atoms with Crippen molar-refractivity contribution in [3.05, 3.63) is 11.6 Å². The van der Waals surface area contributed by atoms with Crippen molar-refractivity contribution < 1.29 is 33.6 Å². The summed E-state index contributed by atoms with van der Waals surface area (Å²) in [7, 11) is 0. The number of ether oxygens (including phenoxy) is 4. The molecule has 0 aromatic carbocycles. The summed E-state index contributed by atoms with van der Waals surface area (Å²) >= 11 is 0. The van der Waals surface area contributed by atoms with Crippen LogP contribution >= 0.6 is 0 Å². The maximum Gasteiger partial charge on any atom is 0.414 e. The Hall–Kier alpha value is -1.12. The molecular weight excluding hydrogens is 448 g/mol. The van der Waals surface area contributed by atoms with Gasteiger partial charge in [-0.25, -0.2) is 0 Å². The second-order valence-corrected chi connectivity index (χ2v) is 12.6. The molecule has 1 N–H and O–H groups in total. The van der Waals surface area contributed by atoms with Crippen molar-refractivity contribution >= 4 is 11.6 Å². The monoisotopic (exact) mass is 490 g/mol. The molecule has 7 heteroatoms. The third kappa shape index (κ3) is 3.71. The van der Waals surface area contributed by atoms with E-state index in [1.807, 2.05) is 33.8 Å². The molecule has 4 aliphatic carbocycles. The average molecular weight is 491 g/mol. The summed E-state index contributed by atoms with van der Waals surface area (Å²) in [5, 5.41) is 11.7. The highest BCUT2D eigenvalue weighted by atomic mass is 17.0. The predicted octanol–water partition coefficient (Wildman–Crippen LogP) is 4.31. The maximum absolute atomic E-state index is 13.6. The summed E-state index contributed by atoms with van der Waals surface area (Å²) < 4.78 is 24.6. The Bertz CT molecular complexity index is 914. The van der Waals surface area contributed by atoms with Gasteiger partial charge in [0.2, 0.25) is 0 Å². The Morgan fingerprint density at radius 3 is 2.37 bits per heavy atom. The summed E-state index contributed by atoms with van der Waals surface area (Å²) in [5.74, 6) is 0.698. The first-order valence-electron chi connectivity index (χ1n) is 13.5. The van der Waals surface area contributed by atoms with Gasteiger partial charge in [-0.05, 0) is 95.5 Å². The van der Waals surface area contributed by atoms with Crippen LogP contribution in [0.2, 0.25) is 0 Å². The van der Waals surface area contributed by atoms with E-state index in [0.717, 1.165) is 25.7 Å². The molecule has 5 aliphatic rings. The molecule has 4 fully saturated rings. The zero-order valence-electron chi connectivity index (χ0n) is 22.1. The lowest BCUT2D eigenvalue weighted by Gasteiger charge is -2.61. The Morgan fingerprint density at radius 1 is 1.03 bits per heavy atom. The van der Waals surface area contributed by atoms with Gasteiger partial charge in [0.05, 0.1) is 18.3 Å². The van der Waals surface area contributed by atoms with Gasteiger partial charge in [0.25, 0.3) is 0 Å². The molecule has 1 saturated heterocycles. The van der Waals surface area contributed by atoms with Gasteiger partial charge >= 0.3 is 6.16 Å². The van der Waals surface area contributed by atoms with Crippen molar-refractivity contribution in [2.45, 2.75) is 117 Å². The number of hydrogen-bond acceptors (Lipinski definition) is 7. The van der Waals surface area contributed by atoms with Crippen molar-refractivity contribution in [2.75, 3.05) is 6.61 Å². The first-order chi connectivity index (χ1) is 16.4. The first kappa shape index (κ1) is 25.5. The van der Waals surface area contributed by atoms with E-state index in [0.29, 0.717) is 19.3 Å². The molecule has 7 atom stereocenters. The van der Waals surface area contributed by atoms with Crippen LogP contribution in [0.5, 0.6) is 0 Å². The molecule has 0 aromatic heterocycles. The fraction of sp³-hybridized carbons (Fsp3) is 0.857. The van der Waals surface area contributed by atoms with Gasteiger partial charge in [0.1, 0.15) is 12.2 Å². The second-order valence-electron chi connectivity index (χ2n) is 12.6. The van der Waals surface area contributed by atoms with Gasteiger partial charge in [-0.3, -0.25) is 19.1 Å². The fourth-order valence-electron chi connectivity index (χ4n) is 8.59. The van der Waals surface area contributed by atoms with E-state index < -0.39 is 23.3 Å². The summed E-state index contributed by atoms with van der Waals surface area (Å²) in [6.07, 6.45) is 4.09. The van der Waals surface area contributed by atoms with E-state index in [4.69, 9.17) is 18.9 Å². The molecule has 7 nitrogen and oxygen atoms in total. The molecule has 196 valence electrons. The molecule has 35 heavy (non-hydrogen) atoms. The van der Waals surface area contributed by atoms with Gasteiger partial charge in [-0.15, -0.1) is 0 Å². The Labute approximate surface area is 208 Å². The zero-order valence-corrected chi connectivity index (χ0v) is 22.1.